The van der Waals surface area contributed by atoms with E-state index in [4.69, 9.17) is 4.74 Å². The molecule has 7 heteroatoms. The third kappa shape index (κ3) is 5.49. The molecule has 0 saturated heterocycles. The van der Waals surface area contributed by atoms with Crippen LogP contribution in [0.3, 0.4) is 0 Å². The van der Waals surface area contributed by atoms with Gasteiger partial charge in [0.25, 0.3) is 11.6 Å². The van der Waals surface area contributed by atoms with E-state index in [0.717, 1.165) is 11.3 Å². The summed E-state index contributed by atoms with van der Waals surface area (Å²) in [6.45, 7) is 2.12. The molecule has 3 aromatic rings. The molecule has 1 amide bonds. The SMILES string of the molecule is C/C(=N/NC(=O)c1ccc(COc2ccccc2)cc1)c1ccc([N+](=O)[O-])cc1. The van der Waals surface area contributed by atoms with Crippen LogP contribution in [0.15, 0.2) is 84.0 Å². The van der Waals surface area contributed by atoms with Gasteiger partial charge in [0, 0.05) is 17.7 Å². The van der Waals surface area contributed by atoms with Crippen LogP contribution in [0.2, 0.25) is 0 Å². The van der Waals surface area contributed by atoms with Crippen LogP contribution in [0.1, 0.15) is 28.4 Å². The molecule has 0 bridgehead atoms. The van der Waals surface area contributed by atoms with Crippen molar-refractivity contribution in [1.82, 2.24) is 5.43 Å². The first-order valence-corrected chi connectivity index (χ1v) is 8.89. The number of hydrogen-bond donors (Lipinski definition) is 1. The van der Waals surface area contributed by atoms with Crippen molar-refractivity contribution in [3.8, 4) is 5.75 Å². The van der Waals surface area contributed by atoms with Gasteiger partial charge in [-0.25, -0.2) is 5.43 Å². The number of hydrogen-bond acceptors (Lipinski definition) is 5. The zero-order chi connectivity index (χ0) is 20.6. The van der Waals surface area contributed by atoms with E-state index in [2.05, 4.69) is 10.5 Å². The fourth-order valence-corrected chi connectivity index (χ4v) is 2.52. The van der Waals surface area contributed by atoms with Gasteiger partial charge in [0.05, 0.1) is 10.6 Å². The Morgan fingerprint density at radius 1 is 0.966 bits per heavy atom. The van der Waals surface area contributed by atoms with Crippen molar-refractivity contribution >= 4 is 17.3 Å². The molecular weight excluding hydrogens is 370 g/mol. The summed E-state index contributed by atoms with van der Waals surface area (Å²) in [5.74, 6) is 0.437. The smallest absolute Gasteiger partial charge is 0.271 e. The third-order valence-corrected chi connectivity index (χ3v) is 4.19. The minimum Gasteiger partial charge on any atom is -0.489 e. The number of nitro benzene ring substituents is 1. The number of nitrogens with one attached hydrogen (secondary N) is 1. The first-order valence-electron chi connectivity index (χ1n) is 8.89. The first kappa shape index (κ1) is 19.8. The van der Waals surface area contributed by atoms with Crippen LogP contribution in [-0.2, 0) is 6.61 Å². The maximum Gasteiger partial charge on any atom is 0.271 e. The van der Waals surface area contributed by atoms with Gasteiger partial charge in [-0.15, -0.1) is 0 Å². The van der Waals surface area contributed by atoms with Gasteiger partial charge >= 0.3 is 0 Å². The maximum absolute atomic E-state index is 12.3. The zero-order valence-corrected chi connectivity index (χ0v) is 15.7. The summed E-state index contributed by atoms with van der Waals surface area (Å²) in [6, 6.07) is 22.5. The Bertz CT molecular complexity index is 1010. The molecule has 0 atom stereocenters. The van der Waals surface area contributed by atoms with Crippen molar-refractivity contribution in [1.29, 1.82) is 0 Å². The highest BCUT2D eigenvalue weighted by atomic mass is 16.6. The fourth-order valence-electron chi connectivity index (χ4n) is 2.52. The predicted molar refractivity (Wildman–Crippen MR) is 110 cm³/mol. The highest BCUT2D eigenvalue weighted by Gasteiger charge is 2.07. The average Bonchev–Trinajstić information content (AvgIpc) is 2.77. The first-order chi connectivity index (χ1) is 14.0. The second-order valence-electron chi connectivity index (χ2n) is 6.24. The Morgan fingerprint density at radius 3 is 2.21 bits per heavy atom. The number of rotatable bonds is 7. The standard InChI is InChI=1S/C22H19N3O4/c1-16(18-11-13-20(14-12-18)25(27)28)23-24-22(26)19-9-7-17(8-10-19)15-29-21-5-3-2-4-6-21/h2-14H,15H2,1H3,(H,24,26)/b23-16-. The lowest BCUT2D eigenvalue weighted by atomic mass is 10.1. The average molecular weight is 389 g/mol. The Labute approximate surface area is 167 Å². The van der Waals surface area contributed by atoms with Crippen molar-refractivity contribution in [2.45, 2.75) is 13.5 Å². The van der Waals surface area contributed by atoms with Crippen molar-refractivity contribution in [2.24, 2.45) is 5.10 Å². The lowest BCUT2D eigenvalue weighted by molar-refractivity contribution is -0.384. The molecule has 7 nitrogen and oxygen atoms in total. The molecule has 0 spiro atoms. The largest absolute Gasteiger partial charge is 0.489 e. The summed E-state index contributed by atoms with van der Waals surface area (Å²) in [6.07, 6.45) is 0. The lowest BCUT2D eigenvalue weighted by Crippen LogP contribution is -2.19. The molecule has 0 aliphatic carbocycles. The van der Waals surface area contributed by atoms with Crippen molar-refractivity contribution in [3.63, 3.8) is 0 Å². The molecule has 0 aromatic heterocycles. The Morgan fingerprint density at radius 2 is 1.59 bits per heavy atom. The number of nitrogens with zero attached hydrogens (tertiary/aromatic N) is 2. The number of para-hydroxylation sites is 1. The van der Waals surface area contributed by atoms with Gasteiger partial charge in [-0.2, -0.15) is 5.10 Å². The molecule has 0 radical (unpaired) electrons. The van der Waals surface area contributed by atoms with Crippen molar-refractivity contribution < 1.29 is 14.5 Å². The van der Waals surface area contributed by atoms with E-state index in [-0.39, 0.29) is 11.6 Å². The Kier molecular flexibility index (Phi) is 6.32. The second-order valence-corrected chi connectivity index (χ2v) is 6.24. The van der Waals surface area contributed by atoms with Crippen LogP contribution >= 0.6 is 0 Å². The van der Waals surface area contributed by atoms with Crippen LogP contribution in [0.25, 0.3) is 0 Å². The molecule has 0 saturated carbocycles. The zero-order valence-electron chi connectivity index (χ0n) is 15.7. The number of amides is 1. The van der Waals surface area contributed by atoms with Gasteiger partial charge in [-0.05, 0) is 54.4 Å². The van der Waals surface area contributed by atoms with Crippen molar-refractivity contribution in [2.75, 3.05) is 0 Å². The number of carbonyl (C=O) groups excluding carboxylic acids is 1. The highest BCUT2D eigenvalue weighted by molar-refractivity contribution is 6.01. The van der Waals surface area contributed by atoms with E-state index in [1.54, 1.807) is 31.2 Å². The molecule has 0 fully saturated rings. The number of non-ortho nitro benzene ring substituents is 1. The van der Waals surface area contributed by atoms with Gasteiger partial charge in [0.1, 0.15) is 12.4 Å². The molecule has 3 rings (SSSR count). The summed E-state index contributed by atoms with van der Waals surface area (Å²) in [4.78, 5) is 22.5. The molecule has 1 N–H and O–H groups in total. The monoisotopic (exact) mass is 389 g/mol. The number of ether oxygens (including phenoxy) is 1. The van der Waals surface area contributed by atoms with E-state index < -0.39 is 4.92 Å². The molecule has 146 valence electrons. The minimum absolute atomic E-state index is 0.00178. The number of nitro groups is 1. The number of hydrazone groups is 1. The predicted octanol–water partition coefficient (Wildman–Crippen LogP) is 4.33. The molecule has 3 aromatic carbocycles. The van der Waals surface area contributed by atoms with Crippen molar-refractivity contribution in [3.05, 3.63) is 106 Å². The molecule has 0 aliphatic heterocycles. The topological polar surface area (TPSA) is 93.8 Å². The van der Waals surface area contributed by atoms with Gasteiger partial charge in [-0.3, -0.25) is 14.9 Å². The van der Waals surface area contributed by atoms with E-state index in [1.807, 2.05) is 42.5 Å². The normalized spacial score (nSPS) is 11.0. The Hall–Kier alpha value is -4.00. The summed E-state index contributed by atoms with van der Waals surface area (Å²) in [5, 5.41) is 14.8. The lowest BCUT2D eigenvalue weighted by Gasteiger charge is -2.07. The summed E-state index contributed by atoms with van der Waals surface area (Å²) < 4.78 is 5.68. The highest BCUT2D eigenvalue weighted by Crippen LogP contribution is 2.13. The van der Waals surface area contributed by atoms with E-state index >= 15 is 0 Å². The fraction of sp³-hybridized carbons (Fsp3) is 0.0909. The van der Waals surface area contributed by atoms with Crippen LogP contribution in [0.5, 0.6) is 5.75 Å². The van der Waals surface area contributed by atoms with Crippen LogP contribution < -0.4 is 10.2 Å². The van der Waals surface area contributed by atoms with Gasteiger partial charge in [-0.1, -0.05) is 30.3 Å². The van der Waals surface area contributed by atoms with E-state index in [9.17, 15) is 14.9 Å². The van der Waals surface area contributed by atoms with Crippen LogP contribution in [-0.4, -0.2) is 16.5 Å². The number of benzene rings is 3. The van der Waals surface area contributed by atoms with E-state index in [1.165, 1.54) is 12.1 Å². The van der Waals surface area contributed by atoms with Gasteiger partial charge in [0.2, 0.25) is 0 Å². The molecular formula is C22H19N3O4. The minimum atomic E-state index is -0.466. The maximum atomic E-state index is 12.3. The third-order valence-electron chi connectivity index (χ3n) is 4.19. The summed E-state index contributed by atoms with van der Waals surface area (Å²) >= 11 is 0. The van der Waals surface area contributed by atoms with E-state index in [0.29, 0.717) is 23.4 Å². The Balaban J connectivity index is 1.57. The van der Waals surface area contributed by atoms with Crippen LogP contribution in [0.4, 0.5) is 5.69 Å². The van der Waals surface area contributed by atoms with Gasteiger partial charge in [0.15, 0.2) is 0 Å². The molecule has 0 heterocycles. The molecule has 29 heavy (non-hydrogen) atoms. The van der Waals surface area contributed by atoms with Gasteiger partial charge < -0.3 is 4.74 Å². The summed E-state index contributed by atoms with van der Waals surface area (Å²) in [7, 11) is 0. The quantitative estimate of drug-likeness (QED) is 0.370. The summed E-state index contributed by atoms with van der Waals surface area (Å²) in [5.41, 5.74) is 5.13. The van der Waals surface area contributed by atoms with Crippen LogP contribution in [0, 0.1) is 10.1 Å². The molecule has 0 unspecified atom stereocenters. The second kappa shape index (κ2) is 9.27. The molecule has 0 aliphatic rings. The number of carbonyl (C=O) groups is 1.